The minimum Gasteiger partial charge on any atom is -0.497 e. The van der Waals surface area contributed by atoms with Gasteiger partial charge >= 0.3 is 0 Å². The minimum absolute atomic E-state index is 0.171. The van der Waals surface area contributed by atoms with Gasteiger partial charge in [-0.15, -0.1) is 0 Å². The predicted octanol–water partition coefficient (Wildman–Crippen LogP) is 1.78. The summed E-state index contributed by atoms with van der Waals surface area (Å²) < 4.78 is 5.06. The van der Waals surface area contributed by atoms with Crippen LogP contribution in [0.15, 0.2) is 53.9 Å². The van der Waals surface area contributed by atoms with Crippen molar-refractivity contribution in [2.45, 2.75) is 6.42 Å². The van der Waals surface area contributed by atoms with Crippen molar-refractivity contribution in [2.24, 2.45) is 5.10 Å². The normalized spacial score (nSPS) is 10.4. The summed E-state index contributed by atoms with van der Waals surface area (Å²) in [5, 5.41) is 3.88. The van der Waals surface area contributed by atoms with Crippen LogP contribution in [0.1, 0.15) is 11.1 Å². The molecule has 0 radical (unpaired) electrons. The topological polar surface area (TPSA) is 63.6 Å². The van der Waals surface area contributed by atoms with Crippen molar-refractivity contribution in [3.63, 3.8) is 0 Å². The maximum Gasteiger partial charge on any atom is 0.244 e. The Labute approximate surface area is 117 Å². The van der Waals surface area contributed by atoms with Gasteiger partial charge in [0.15, 0.2) is 0 Å². The third-order valence-electron chi connectivity index (χ3n) is 2.61. The Kier molecular flexibility index (Phi) is 4.83. The molecule has 1 aromatic heterocycles. The highest BCUT2D eigenvalue weighted by Gasteiger charge is 2.02. The van der Waals surface area contributed by atoms with Crippen molar-refractivity contribution in [1.82, 2.24) is 10.4 Å². The van der Waals surface area contributed by atoms with Crippen LogP contribution in [0.2, 0.25) is 0 Å². The first kappa shape index (κ1) is 13.7. The van der Waals surface area contributed by atoms with E-state index in [1.165, 1.54) is 0 Å². The van der Waals surface area contributed by atoms with E-state index in [9.17, 15) is 4.79 Å². The van der Waals surface area contributed by atoms with Gasteiger partial charge in [0, 0.05) is 18.0 Å². The Hall–Kier alpha value is -2.69. The molecule has 0 unspecified atom stereocenters. The molecule has 5 nitrogen and oxygen atoms in total. The first-order chi connectivity index (χ1) is 9.78. The fourth-order valence-electron chi connectivity index (χ4n) is 1.60. The summed E-state index contributed by atoms with van der Waals surface area (Å²) in [6.45, 7) is 0. The minimum atomic E-state index is -0.171. The van der Waals surface area contributed by atoms with Gasteiger partial charge in [-0.2, -0.15) is 5.10 Å². The number of hydrogen-bond donors (Lipinski definition) is 1. The standard InChI is InChI=1S/C15H15N3O2/c1-20-14-6-4-12(5-7-14)9-15(19)18-17-11-13-3-2-8-16-10-13/h2-8,10-11H,9H2,1H3,(H,18,19)/b17-11+. The SMILES string of the molecule is COc1ccc(CC(=O)N/N=C/c2cccnc2)cc1. The molecule has 1 heterocycles. The molecule has 1 N–H and O–H groups in total. The zero-order valence-electron chi connectivity index (χ0n) is 11.1. The number of amides is 1. The van der Waals surface area contributed by atoms with Crippen LogP contribution in [0.4, 0.5) is 0 Å². The second-order valence-corrected chi connectivity index (χ2v) is 4.10. The number of benzene rings is 1. The zero-order valence-corrected chi connectivity index (χ0v) is 11.1. The highest BCUT2D eigenvalue weighted by atomic mass is 16.5. The van der Waals surface area contributed by atoms with Crippen molar-refractivity contribution in [1.29, 1.82) is 0 Å². The lowest BCUT2D eigenvalue weighted by atomic mass is 10.1. The first-order valence-electron chi connectivity index (χ1n) is 6.13. The van der Waals surface area contributed by atoms with Gasteiger partial charge in [-0.1, -0.05) is 18.2 Å². The zero-order chi connectivity index (χ0) is 14.2. The van der Waals surface area contributed by atoms with Crippen LogP contribution in [0.25, 0.3) is 0 Å². The lowest BCUT2D eigenvalue weighted by molar-refractivity contribution is -0.120. The van der Waals surface area contributed by atoms with Gasteiger partial charge in [0.2, 0.25) is 5.91 Å². The van der Waals surface area contributed by atoms with Crippen LogP contribution in [-0.2, 0) is 11.2 Å². The van der Waals surface area contributed by atoms with Crippen LogP contribution in [-0.4, -0.2) is 24.2 Å². The fourth-order valence-corrected chi connectivity index (χ4v) is 1.60. The summed E-state index contributed by atoms with van der Waals surface area (Å²) in [6, 6.07) is 11.0. The molecule has 2 rings (SSSR count). The van der Waals surface area contributed by atoms with Gasteiger partial charge in [0.1, 0.15) is 5.75 Å². The molecule has 0 atom stereocenters. The van der Waals surface area contributed by atoms with Gasteiger partial charge in [0.05, 0.1) is 19.7 Å². The van der Waals surface area contributed by atoms with E-state index < -0.39 is 0 Å². The van der Waals surface area contributed by atoms with Gasteiger partial charge in [-0.3, -0.25) is 9.78 Å². The molecule has 0 bridgehead atoms. The lowest BCUT2D eigenvalue weighted by Gasteiger charge is -2.02. The van der Waals surface area contributed by atoms with E-state index in [1.54, 1.807) is 31.8 Å². The van der Waals surface area contributed by atoms with Crippen LogP contribution >= 0.6 is 0 Å². The van der Waals surface area contributed by atoms with Crippen molar-refractivity contribution in [2.75, 3.05) is 7.11 Å². The Bertz CT molecular complexity index is 580. The molecule has 0 spiro atoms. The Morgan fingerprint density at radius 3 is 2.80 bits per heavy atom. The van der Waals surface area contributed by atoms with Crippen LogP contribution in [0.3, 0.4) is 0 Å². The third-order valence-corrected chi connectivity index (χ3v) is 2.61. The molecular formula is C15H15N3O2. The number of nitrogens with zero attached hydrogens (tertiary/aromatic N) is 2. The molecule has 0 saturated carbocycles. The van der Waals surface area contributed by atoms with Gasteiger partial charge in [-0.05, 0) is 23.8 Å². The summed E-state index contributed by atoms with van der Waals surface area (Å²) >= 11 is 0. The first-order valence-corrected chi connectivity index (χ1v) is 6.13. The Balaban J connectivity index is 1.84. The molecule has 0 aliphatic heterocycles. The van der Waals surface area contributed by atoms with E-state index in [1.807, 2.05) is 30.3 Å². The molecular weight excluding hydrogens is 254 g/mol. The van der Waals surface area contributed by atoms with Gasteiger partial charge in [0.25, 0.3) is 0 Å². The van der Waals surface area contributed by atoms with E-state index in [4.69, 9.17) is 4.74 Å². The van der Waals surface area contributed by atoms with E-state index in [2.05, 4.69) is 15.5 Å². The van der Waals surface area contributed by atoms with E-state index in [0.717, 1.165) is 16.9 Å². The molecule has 0 fully saturated rings. The molecule has 1 aromatic carbocycles. The summed E-state index contributed by atoms with van der Waals surface area (Å²) in [6.07, 6.45) is 5.17. The number of nitrogens with one attached hydrogen (secondary N) is 1. The van der Waals surface area contributed by atoms with E-state index in [0.29, 0.717) is 0 Å². The number of rotatable bonds is 5. The number of methoxy groups -OCH3 is 1. The summed E-state index contributed by atoms with van der Waals surface area (Å²) in [7, 11) is 1.61. The number of carbonyl (C=O) groups excluding carboxylic acids is 1. The monoisotopic (exact) mass is 269 g/mol. The van der Waals surface area contributed by atoms with Gasteiger partial charge in [-0.25, -0.2) is 5.43 Å². The maximum absolute atomic E-state index is 11.7. The molecule has 2 aromatic rings. The number of hydrazone groups is 1. The number of pyridine rings is 1. The molecule has 0 aliphatic rings. The smallest absolute Gasteiger partial charge is 0.244 e. The van der Waals surface area contributed by atoms with E-state index >= 15 is 0 Å². The predicted molar refractivity (Wildman–Crippen MR) is 76.7 cm³/mol. The molecule has 0 aliphatic carbocycles. The van der Waals surface area contributed by atoms with Crippen molar-refractivity contribution >= 4 is 12.1 Å². The Morgan fingerprint density at radius 1 is 1.35 bits per heavy atom. The van der Waals surface area contributed by atoms with E-state index in [-0.39, 0.29) is 12.3 Å². The number of ether oxygens (including phenoxy) is 1. The van der Waals surface area contributed by atoms with Crippen molar-refractivity contribution < 1.29 is 9.53 Å². The highest BCUT2D eigenvalue weighted by molar-refractivity contribution is 5.82. The fraction of sp³-hybridized carbons (Fsp3) is 0.133. The second kappa shape index (κ2) is 7.04. The average molecular weight is 269 g/mol. The molecule has 102 valence electrons. The maximum atomic E-state index is 11.7. The van der Waals surface area contributed by atoms with Crippen LogP contribution < -0.4 is 10.2 Å². The Morgan fingerprint density at radius 2 is 2.15 bits per heavy atom. The average Bonchev–Trinajstić information content (AvgIpc) is 2.49. The number of aromatic nitrogens is 1. The third kappa shape index (κ3) is 4.20. The quantitative estimate of drug-likeness (QED) is 0.664. The summed E-state index contributed by atoms with van der Waals surface area (Å²) in [5.74, 6) is 0.596. The van der Waals surface area contributed by atoms with Crippen LogP contribution in [0, 0.1) is 0 Å². The molecule has 0 saturated heterocycles. The summed E-state index contributed by atoms with van der Waals surface area (Å²) in [5.41, 5.74) is 4.21. The van der Waals surface area contributed by atoms with Crippen molar-refractivity contribution in [3.8, 4) is 5.75 Å². The second-order valence-electron chi connectivity index (χ2n) is 4.10. The largest absolute Gasteiger partial charge is 0.497 e. The number of hydrogen-bond acceptors (Lipinski definition) is 4. The van der Waals surface area contributed by atoms with Crippen molar-refractivity contribution in [3.05, 3.63) is 59.9 Å². The highest BCUT2D eigenvalue weighted by Crippen LogP contribution is 2.11. The molecule has 20 heavy (non-hydrogen) atoms. The molecule has 5 heteroatoms. The number of carbonyl (C=O) groups is 1. The summed E-state index contributed by atoms with van der Waals surface area (Å²) in [4.78, 5) is 15.6. The lowest BCUT2D eigenvalue weighted by Crippen LogP contribution is -2.19. The molecule has 1 amide bonds. The van der Waals surface area contributed by atoms with Gasteiger partial charge < -0.3 is 4.74 Å². The van der Waals surface area contributed by atoms with Crippen LogP contribution in [0.5, 0.6) is 5.75 Å².